The Labute approximate surface area is 110 Å². The van der Waals surface area contributed by atoms with Crippen molar-refractivity contribution in [2.45, 2.75) is 39.2 Å². The molecule has 2 atom stereocenters. The molecule has 4 nitrogen and oxygen atoms in total. The number of nitrogens with zero attached hydrogens (tertiary/aromatic N) is 1. The first-order chi connectivity index (χ1) is 8.59. The van der Waals surface area contributed by atoms with Gasteiger partial charge < -0.3 is 15.4 Å². The highest BCUT2D eigenvalue weighted by Gasteiger charge is 2.34. The van der Waals surface area contributed by atoms with Crippen LogP contribution in [0.1, 0.15) is 33.1 Å². The van der Waals surface area contributed by atoms with Crippen LogP contribution in [0.4, 0.5) is 0 Å². The average molecular weight is 254 g/mol. The van der Waals surface area contributed by atoms with Gasteiger partial charge in [0.15, 0.2) is 0 Å². The Bertz CT molecular complexity index is 288. The van der Waals surface area contributed by atoms with Gasteiger partial charge in [-0.1, -0.05) is 13.8 Å². The summed E-state index contributed by atoms with van der Waals surface area (Å²) in [7, 11) is 0. The van der Waals surface area contributed by atoms with Gasteiger partial charge in [0.05, 0.1) is 6.04 Å². The predicted molar refractivity (Wildman–Crippen MR) is 71.0 cm³/mol. The van der Waals surface area contributed by atoms with Gasteiger partial charge in [-0.3, -0.25) is 4.79 Å². The summed E-state index contributed by atoms with van der Waals surface area (Å²) in [6.45, 7) is 7.75. The number of likely N-dealkylation sites (tertiary alicyclic amines) is 1. The second-order valence-electron chi connectivity index (χ2n) is 6.05. The van der Waals surface area contributed by atoms with Crippen molar-refractivity contribution < 1.29 is 9.53 Å². The summed E-state index contributed by atoms with van der Waals surface area (Å²) in [5, 5.41) is 0. The van der Waals surface area contributed by atoms with Crippen molar-refractivity contribution in [2.75, 3.05) is 26.3 Å². The van der Waals surface area contributed by atoms with E-state index < -0.39 is 0 Å². The summed E-state index contributed by atoms with van der Waals surface area (Å²) in [6, 6.07) is -0.320. The molecule has 2 rings (SSSR count). The number of carbonyl (C=O) groups is 1. The maximum atomic E-state index is 12.4. The van der Waals surface area contributed by atoms with Gasteiger partial charge in [0.25, 0.3) is 0 Å². The lowest BCUT2D eigenvalue weighted by Gasteiger charge is -2.30. The second-order valence-corrected chi connectivity index (χ2v) is 6.05. The van der Waals surface area contributed by atoms with Crippen LogP contribution in [0.3, 0.4) is 0 Å². The Balaban J connectivity index is 1.87. The van der Waals surface area contributed by atoms with Gasteiger partial charge in [-0.25, -0.2) is 0 Å². The SMILES string of the molecule is CC(C)C1CCN(C(=O)C(N)C2CCOCC2)C1. The number of rotatable bonds is 3. The van der Waals surface area contributed by atoms with E-state index in [1.807, 2.05) is 4.90 Å². The molecule has 0 bridgehead atoms. The molecule has 1 amide bonds. The molecule has 2 fully saturated rings. The molecule has 2 heterocycles. The minimum Gasteiger partial charge on any atom is -0.381 e. The topological polar surface area (TPSA) is 55.6 Å². The Morgan fingerprint density at radius 2 is 1.89 bits per heavy atom. The fraction of sp³-hybridized carbons (Fsp3) is 0.929. The molecule has 0 radical (unpaired) electrons. The molecule has 4 heteroatoms. The number of amides is 1. The van der Waals surface area contributed by atoms with Crippen LogP contribution in [-0.4, -0.2) is 43.2 Å². The van der Waals surface area contributed by atoms with E-state index >= 15 is 0 Å². The lowest BCUT2D eigenvalue weighted by atomic mass is 9.91. The van der Waals surface area contributed by atoms with Crippen LogP contribution in [0.2, 0.25) is 0 Å². The summed E-state index contributed by atoms with van der Waals surface area (Å²) in [5.41, 5.74) is 6.15. The van der Waals surface area contributed by atoms with Gasteiger partial charge >= 0.3 is 0 Å². The lowest BCUT2D eigenvalue weighted by molar-refractivity contribution is -0.133. The molecule has 0 saturated carbocycles. The molecular formula is C14H26N2O2. The third-order valence-corrected chi connectivity index (χ3v) is 4.54. The smallest absolute Gasteiger partial charge is 0.239 e. The standard InChI is InChI=1S/C14H26N2O2/c1-10(2)12-3-6-16(9-12)14(17)13(15)11-4-7-18-8-5-11/h10-13H,3-9,15H2,1-2H3. The molecule has 0 aromatic carbocycles. The van der Waals surface area contributed by atoms with Crippen molar-refractivity contribution in [3.63, 3.8) is 0 Å². The summed E-state index contributed by atoms with van der Waals surface area (Å²) in [4.78, 5) is 14.3. The summed E-state index contributed by atoms with van der Waals surface area (Å²) < 4.78 is 5.32. The summed E-state index contributed by atoms with van der Waals surface area (Å²) in [6.07, 6.45) is 2.98. The van der Waals surface area contributed by atoms with Crippen molar-refractivity contribution >= 4 is 5.91 Å². The zero-order valence-electron chi connectivity index (χ0n) is 11.6. The van der Waals surface area contributed by atoms with Gasteiger partial charge in [0, 0.05) is 26.3 Å². The van der Waals surface area contributed by atoms with Crippen molar-refractivity contribution in [2.24, 2.45) is 23.5 Å². The maximum Gasteiger partial charge on any atom is 0.239 e. The molecule has 2 aliphatic heterocycles. The van der Waals surface area contributed by atoms with Crippen LogP contribution in [0, 0.1) is 17.8 Å². The molecule has 2 N–H and O–H groups in total. The normalized spacial score (nSPS) is 27.8. The Hall–Kier alpha value is -0.610. The van der Waals surface area contributed by atoms with E-state index in [1.54, 1.807) is 0 Å². The van der Waals surface area contributed by atoms with Gasteiger partial charge in [0.1, 0.15) is 0 Å². The van der Waals surface area contributed by atoms with E-state index in [1.165, 1.54) is 0 Å². The Kier molecular flexibility index (Phi) is 4.62. The molecule has 0 spiro atoms. The number of hydrogen-bond acceptors (Lipinski definition) is 3. The van der Waals surface area contributed by atoms with Gasteiger partial charge in [-0.05, 0) is 37.0 Å². The highest BCUT2D eigenvalue weighted by Crippen LogP contribution is 2.26. The minimum atomic E-state index is -0.320. The highest BCUT2D eigenvalue weighted by atomic mass is 16.5. The van der Waals surface area contributed by atoms with E-state index in [2.05, 4.69) is 13.8 Å². The molecule has 0 aromatic heterocycles. The number of nitrogens with two attached hydrogens (primary N) is 1. The van der Waals surface area contributed by atoms with Crippen molar-refractivity contribution in [1.29, 1.82) is 0 Å². The first-order valence-corrected chi connectivity index (χ1v) is 7.21. The van der Waals surface area contributed by atoms with Crippen LogP contribution in [0.5, 0.6) is 0 Å². The van der Waals surface area contributed by atoms with Crippen LogP contribution in [-0.2, 0) is 9.53 Å². The van der Waals surface area contributed by atoms with E-state index in [9.17, 15) is 4.79 Å². The van der Waals surface area contributed by atoms with Gasteiger partial charge in [-0.15, -0.1) is 0 Å². The van der Waals surface area contributed by atoms with E-state index in [4.69, 9.17) is 10.5 Å². The quantitative estimate of drug-likeness (QED) is 0.824. The van der Waals surface area contributed by atoms with E-state index in [-0.39, 0.29) is 11.9 Å². The minimum absolute atomic E-state index is 0.157. The predicted octanol–water partition coefficient (Wildman–Crippen LogP) is 1.24. The third kappa shape index (κ3) is 3.04. The molecule has 2 saturated heterocycles. The molecule has 2 unspecified atom stereocenters. The van der Waals surface area contributed by atoms with Crippen LogP contribution in [0.15, 0.2) is 0 Å². The zero-order valence-corrected chi connectivity index (χ0v) is 11.6. The number of carbonyl (C=O) groups excluding carboxylic acids is 1. The van der Waals surface area contributed by atoms with E-state index in [0.29, 0.717) is 17.8 Å². The molecule has 2 aliphatic rings. The lowest BCUT2D eigenvalue weighted by Crippen LogP contribution is -2.48. The first-order valence-electron chi connectivity index (χ1n) is 7.21. The molecule has 104 valence electrons. The van der Waals surface area contributed by atoms with Crippen LogP contribution < -0.4 is 5.73 Å². The fourth-order valence-electron chi connectivity index (χ4n) is 3.02. The van der Waals surface area contributed by atoms with Crippen molar-refractivity contribution in [3.05, 3.63) is 0 Å². The fourth-order valence-corrected chi connectivity index (χ4v) is 3.02. The zero-order chi connectivity index (χ0) is 13.1. The van der Waals surface area contributed by atoms with Gasteiger partial charge in [-0.2, -0.15) is 0 Å². The van der Waals surface area contributed by atoms with Gasteiger partial charge in [0.2, 0.25) is 5.91 Å². The largest absolute Gasteiger partial charge is 0.381 e. The second kappa shape index (κ2) is 6.02. The van der Waals surface area contributed by atoms with Crippen LogP contribution >= 0.6 is 0 Å². The molecular weight excluding hydrogens is 228 g/mol. The molecule has 0 aliphatic carbocycles. The number of ether oxygens (including phenoxy) is 1. The van der Waals surface area contributed by atoms with Crippen molar-refractivity contribution in [1.82, 2.24) is 4.90 Å². The monoisotopic (exact) mass is 254 g/mol. The number of hydrogen-bond donors (Lipinski definition) is 1. The Morgan fingerprint density at radius 3 is 2.44 bits per heavy atom. The van der Waals surface area contributed by atoms with Crippen molar-refractivity contribution in [3.8, 4) is 0 Å². The Morgan fingerprint density at radius 1 is 1.22 bits per heavy atom. The highest BCUT2D eigenvalue weighted by molar-refractivity contribution is 5.82. The van der Waals surface area contributed by atoms with Crippen LogP contribution in [0.25, 0.3) is 0 Å². The maximum absolute atomic E-state index is 12.4. The summed E-state index contributed by atoms with van der Waals surface area (Å²) >= 11 is 0. The first kappa shape index (κ1) is 13.8. The summed E-state index contributed by atoms with van der Waals surface area (Å²) in [5.74, 6) is 1.77. The van der Waals surface area contributed by atoms with E-state index in [0.717, 1.165) is 45.6 Å². The third-order valence-electron chi connectivity index (χ3n) is 4.54. The average Bonchev–Trinajstić information content (AvgIpc) is 2.88. The molecule has 0 aromatic rings. The molecule has 18 heavy (non-hydrogen) atoms.